The van der Waals surface area contributed by atoms with Gasteiger partial charge in [0.05, 0.1) is 18.0 Å². The molecule has 2 heterocycles. The van der Waals surface area contributed by atoms with Crippen LogP contribution in [0.3, 0.4) is 0 Å². The highest BCUT2D eigenvalue weighted by molar-refractivity contribution is 9.10. The zero-order chi connectivity index (χ0) is 13.4. The molecule has 19 heavy (non-hydrogen) atoms. The molecule has 3 nitrogen and oxygen atoms in total. The second kappa shape index (κ2) is 4.79. The molecule has 0 aliphatic rings. The van der Waals surface area contributed by atoms with Crippen molar-refractivity contribution in [3.8, 4) is 11.3 Å². The minimum atomic E-state index is -0.0321. The van der Waals surface area contributed by atoms with Crippen LogP contribution in [0.4, 0.5) is 0 Å². The third-order valence-electron chi connectivity index (χ3n) is 3.15. The Balaban J connectivity index is 2.25. The third-order valence-corrected chi connectivity index (χ3v) is 3.68. The van der Waals surface area contributed by atoms with Gasteiger partial charge in [0.25, 0.3) is 0 Å². The maximum Gasteiger partial charge on any atom is 0.138 e. The molecule has 0 saturated carbocycles. The van der Waals surface area contributed by atoms with Gasteiger partial charge < -0.3 is 9.51 Å². The average molecular weight is 317 g/mol. The first-order chi connectivity index (χ1) is 9.19. The number of halogens is 1. The first-order valence-corrected chi connectivity index (χ1v) is 6.83. The van der Waals surface area contributed by atoms with Crippen LogP contribution in [0.1, 0.15) is 11.3 Å². The molecule has 0 radical (unpaired) electrons. The van der Waals surface area contributed by atoms with Crippen LogP contribution in [-0.4, -0.2) is 14.5 Å². The van der Waals surface area contributed by atoms with E-state index < -0.39 is 0 Å². The van der Waals surface area contributed by atoms with E-state index in [2.05, 4.69) is 20.9 Å². The van der Waals surface area contributed by atoms with Crippen molar-refractivity contribution in [3.05, 3.63) is 58.3 Å². The first kappa shape index (κ1) is 12.4. The van der Waals surface area contributed by atoms with Crippen molar-refractivity contribution >= 4 is 21.6 Å². The second-order valence-corrected chi connectivity index (χ2v) is 5.42. The van der Waals surface area contributed by atoms with E-state index in [1.165, 1.54) is 0 Å². The highest BCUT2D eigenvalue weighted by Gasteiger charge is 2.12. The van der Waals surface area contributed by atoms with Gasteiger partial charge in [-0.3, -0.25) is 0 Å². The lowest BCUT2D eigenvalue weighted by atomic mass is 10.1. The van der Waals surface area contributed by atoms with Crippen molar-refractivity contribution in [3.63, 3.8) is 0 Å². The lowest BCUT2D eigenvalue weighted by Gasteiger charge is -2.02. The fourth-order valence-electron chi connectivity index (χ4n) is 2.19. The zero-order valence-electron chi connectivity index (χ0n) is 10.5. The van der Waals surface area contributed by atoms with Crippen molar-refractivity contribution < 1.29 is 5.11 Å². The number of nitrogens with zero attached hydrogens (tertiary/aromatic N) is 2. The van der Waals surface area contributed by atoms with Crippen LogP contribution in [0.25, 0.3) is 16.9 Å². The first-order valence-electron chi connectivity index (χ1n) is 6.03. The van der Waals surface area contributed by atoms with E-state index in [-0.39, 0.29) is 6.61 Å². The number of aliphatic hydroxyl groups excluding tert-OH is 1. The third kappa shape index (κ3) is 2.17. The number of aliphatic hydroxyl groups is 1. The molecule has 0 saturated heterocycles. The van der Waals surface area contributed by atoms with Gasteiger partial charge in [0.2, 0.25) is 0 Å². The summed E-state index contributed by atoms with van der Waals surface area (Å²) in [4.78, 5) is 4.63. The normalized spacial score (nSPS) is 11.1. The number of aryl methyl sites for hydroxylation is 1. The van der Waals surface area contributed by atoms with Gasteiger partial charge in [-0.05, 0) is 36.8 Å². The summed E-state index contributed by atoms with van der Waals surface area (Å²) in [6, 6.07) is 12.0. The Morgan fingerprint density at radius 3 is 2.63 bits per heavy atom. The molecule has 0 spiro atoms. The number of aromatic nitrogens is 2. The van der Waals surface area contributed by atoms with Crippen LogP contribution < -0.4 is 0 Å². The Kier molecular flexibility index (Phi) is 3.12. The van der Waals surface area contributed by atoms with Gasteiger partial charge in [0, 0.05) is 16.2 Å². The Labute approximate surface area is 119 Å². The van der Waals surface area contributed by atoms with E-state index in [4.69, 9.17) is 0 Å². The van der Waals surface area contributed by atoms with Crippen LogP contribution >= 0.6 is 15.9 Å². The van der Waals surface area contributed by atoms with Crippen LogP contribution in [0.15, 0.2) is 47.1 Å². The number of rotatable bonds is 2. The fraction of sp³-hybridized carbons (Fsp3) is 0.133. The van der Waals surface area contributed by atoms with Crippen molar-refractivity contribution in [2.75, 3.05) is 0 Å². The van der Waals surface area contributed by atoms with E-state index >= 15 is 0 Å². The highest BCUT2D eigenvalue weighted by atomic mass is 79.9. The van der Waals surface area contributed by atoms with Crippen LogP contribution in [0.5, 0.6) is 0 Å². The standard InChI is InChI=1S/C15H13BrN2O/c1-10-6-7-18-13(9-19)15(17-14(18)8-10)11-2-4-12(16)5-3-11/h2-8,19H,9H2,1H3. The SMILES string of the molecule is Cc1ccn2c(CO)c(-c3ccc(Br)cc3)nc2c1. The Bertz CT molecular complexity index is 732. The van der Waals surface area contributed by atoms with Crippen LogP contribution in [0, 0.1) is 6.92 Å². The molecule has 96 valence electrons. The van der Waals surface area contributed by atoms with Gasteiger partial charge in [0.1, 0.15) is 5.65 Å². The summed E-state index contributed by atoms with van der Waals surface area (Å²) >= 11 is 3.42. The summed E-state index contributed by atoms with van der Waals surface area (Å²) in [6.07, 6.45) is 1.95. The lowest BCUT2D eigenvalue weighted by molar-refractivity contribution is 0.276. The molecule has 1 N–H and O–H groups in total. The molecule has 3 aromatic rings. The molecule has 3 rings (SSSR count). The number of hydrogen-bond acceptors (Lipinski definition) is 2. The zero-order valence-corrected chi connectivity index (χ0v) is 12.1. The van der Waals surface area contributed by atoms with Crippen molar-refractivity contribution in [1.29, 1.82) is 0 Å². The van der Waals surface area contributed by atoms with E-state index in [9.17, 15) is 5.11 Å². The van der Waals surface area contributed by atoms with Crippen molar-refractivity contribution in [1.82, 2.24) is 9.38 Å². The topological polar surface area (TPSA) is 37.5 Å². The Morgan fingerprint density at radius 2 is 1.95 bits per heavy atom. The van der Waals surface area contributed by atoms with Gasteiger partial charge >= 0.3 is 0 Å². The lowest BCUT2D eigenvalue weighted by Crippen LogP contribution is -1.94. The summed E-state index contributed by atoms with van der Waals surface area (Å²) in [5, 5.41) is 9.62. The second-order valence-electron chi connectivity index (χ2n) is 4.50. The summed E-state index contributed by atoms with van der Waals surface area (Å²) in [7, 11) is 0. The molecule has 1 aromatic carbocycles. The molecular weight excluding hydrogens is 304 g/mol. The fourth-order valence-corrected chi connectivity index (χ4v) is 2.45. The molecular formula is C15H13BrN2O. The number of fused-ring (bicyclic) bond motifs is 1. The van der Waals surface area contributed by atoms with E-state index in [1.807, 2.05) is 53.9 Å². The molecule has 2 aromatic heterocycles. The smallest absolute Gasteiger partial charge is 0.138 e. The van der Waals surface area contributed by atoms with Gasteiger partial charge in [-0.2, -0.15) is 0 Å². The Morgan fingerprint density at radius 1 is 1.21 bits per heavy atom. The largest absolute Gasteiger partial charge is 0.390 e. The maximum atomic E-state index is 9.62. The molecule has 0 aliphatic heterocycles. The molecule has 0 aliphatic carbocycles. The van der Waals surface area contributed by atoms with E-state index in [0.29, 0.717) is 0 Å². The molecule has 4 heteroatoms. The summed E-state index contributed by atoms with van der Waals surface area (Å²) in [6.45, 7) is 2.00. The van der Waals surface area contributed by atoms with Gasteiger partial charge in [-0.25, -0.2) is 4.98 Å². The van der Waals surface area contributed by atoms with Crippen molar-refractivity contribution in [2.24, 2.45) is 0 Å². The highest BCUT2D eigenvalue weighted by Crippen LogP contribution is 2.26. The molecule has 0 fully saturated rings. The molecule has 0 atom stereocenters. The molecule has 0 amide bonds. The van der Waals surface area contributed by atoms with Crippen molar-refractivity contribution in [2.45, 2.75) is 13.5 Å². The van der Waals surface area contributed by atoms with Crippen LogP contribution in [0.2, 0.25) is 0 Å². The van der Waals surface area contributed by atoms with Gasteiger partial charge in [-0.15, -0.1) is 0 Å². The Hall–Kier alpha value is -1.65. The summed E-state index contributed by atoms with van der Waals surface area (Å²) in [5.74, 6) is 0. The number of pyridine rings is 1. The van der Waals surface area contributed by atoms with E-state index in [1.54, 1.807) is 0 Å². The van der Waals surface area contributed by atoms with Gasteiger partial charge in [-0.1, -0.05) is 28.1 Å². The predicted octanol–water partition coefficient (Wildman–Crippen LogP) is 3.56. The molecule has 0 unspecified atom stereocenters. The van der Waals surface area contributed by atoms with E-state index in [0.717, 1.165) is 32.6 Å². The minimum absolute atomic E-state index is 0.0321. The molecule has 0 bridgehead atoms. The number of imidazole rings is 1. The maximum absolute atomic E-state index is 9.62. The monoisotopic (exact) mass is 316 g/mol. The predicted molar refractivity (Wildman–Crippen MR) is 79.0 cm³/mol. The number of benzene rings is 1. The summed E-state index contributed by atoms with van der Waals surface area (Å²) in [5.41, 5.74) is 4.68. The average Bonchev–Trinajstić information content (AvgIpc) is 2.77. The summed E-state index contributed by atoms with van der Waals surface area (Å²) < 4.78 is 2.96. The quantitative estimate of drug-likeness (QED) is 0.785. The van der Waals surface area contributed by atoms with Crippen LogP contribution in [-0.2, 0) is 6.61 Å². The number of hydrogen-bond donors (Lipinski definition) is 1. The minimum Gasteiger partial charge on any atom is -0.390 e. The van der Waals surface area contributed by atoms with Gasteiger partial charge in [0.15, 0.2) is 0 Å².